The number of hydrogen-bond donors (Lipinski definition) is 2. The summed E-state index contributed by atoms with van der Waals surface area (Å²) in [4.78, 5) is 26.9. The van der Waals surface area contributed by atoms with Gasteiger partial charge in [0.1, 0.15) is 5.69 Å². The number of aromatic carboxylic acids is 1. The number of carboxylic acid groups (broad SMARTS) is 1. The first-order valence-corrected chi connectivity index (χ1v) is 7.76. The Bertz CT molecular complexity index is 555. The minimum Gasteiger partial charge on any atom is -0.478 e. The molecular weight excluding hydrogens is 300 g/mol. The molecule has 7 nitrogen and oxygen atoms in total. The molecule has 1 saturated heterocycles. The molecule has 1 aliphatic rings. The molecular formula is C16H22N2O5. The van der Waals surface area contributed by atoms with Crippen LogP contribution in [-0.4, -0.2) is 54.4 Å². The zero-order valence-electron chi connectivity index (χ0n) is 13.2. The normalized spacial score (nSPS) is 17.2. The number of rotatable bonds is 8. The van der Waals surface area contributed by atoms with E-state index >= 15 is 0 Å². The molecule has 0 aliphatic carbocycles. The van der Waals surface area contributed by atoms with E-state index in [-0.39, 0.29) is 23.3 Å². The topological polar surface area (TPSA) is 97.8 Å². The average molecular weight is 322 g/mol. The van der Waals surface area contributed by atoms with Crippen LogP contribution in [0.5, 0.6) is 0 Å². The highest BCUT2D eigenvalue weighted by molar-refractivity contribution is 5.94. The van der Waals surface area contributed by atoms with Crippen LogP contribution >= 0.6 is 0 Å². The molecule has 7 heteroatoms. The van der Waals surface area contributed by atoms with Gasteiger partial charge in [-0.1, -0.05) is 0 Å². The molecule has 0 spiro atoms. The molecule has 1 amide bonds. The number of nitrogens with zero attached hydrogens (tertiary/aromatic N) is 1. The second kappa shape index (κ2) is 8.59. The van der Waals surface area contributed by atoms with Crippen molar-refractivity contribution in [3.05, 3.63) is 29.1 Å². The van der Waals surface area contributed by atoms with Crippen molar-refractivity contribution in [2.75, 3.05) is 26.4 Å². The molecule has 2 heterocycles. The number of nitrogens with one attached hydrogen (secondary N) is 1. The highest BCUT2D eigenvalue weighted by atomic mass is 16.5. The minimum atomic E-state index is -1.05. The van der Waals surface area contributed by atoms with Crippen LogP contribution < -0.4 is 5.32 Å². The van der Waals surface area contributed by atoms with Crippen LogP contribution in [-0.2, 0) is 9.47 Å². The van der Waals surface area contributed by atoms with Gasteiger partial charge in [0.25, 0.3) is 5.91 Å². The number of amides is 1. The summed E-state index contributed by atoms with van der Waals surface area (Å²) in [5.74, 6) is -1.37. The maximum Gasteiger partial charge on any atom is 0.337 e. The summed E-state index contributed by atoms with van der Waals surface area (Å²) in [5, 5.41) is 11.7. The molecule has 2 N–H and O–H groups in total. The third-order valence-corrected chi connectivity index (χ3v) is 3.63. The molecule has 0 bridgehead atoms. The molecule has 23 heavy (non-hydrogen) atoms. The van der Waals surface area contributed by atoms with E-state index in [9.17, 15) is 9.59 Å². The summed E-state index contributed by atoms with van der Waals surface area (Å²) in [6.45, 7) is 4.03. The van der Waals surface area contributed by atoms with Gasteiger partial charge in [0.2, 0.25) is 0 Å². The van der Waals surface area contributed by atoms with E-state index in [0.29, 0.717) is 31.9 Å². The molecule has 1 aromatic rings. The van der Waals surface area contributed by atoms with Gasteiger partial charge < -0.3 is 19.9 Å². The van der Waals surface area contributed by atoms with E-state index in [0.717, 1.165) is 19.4 Å². The lowest BCUT2D eigenvalue weighted by atomic mass is 10.2. The van der Waals surface area contributed by atoms with Crippen LogP contribution in [0.15, 0.2) is 12.1 Å². The van der Waals surface area contributed by atoms with Crippen molar-refractivity contribution in [2.24, 2.45) is 0 Å². The van der Waals surface area contributed by atoms with Crippen LogP contribution in [0.4, 0.5) is 0 Å². The fraction of sp³-hybridized carbons (Fsp3) is 0.562. The number of aromatic nitrogens is 1. The highest BCUT2D eigenvalue weighted by Gasteiger charge is 2.15. The summed E-state index contributed by atoms with van der Waals surface area (Å²) in [5.41, 5.74) is 0.641. The Morgan fingerprint density at radius 1 is 1.48 bits per heavy atom. The standard InChI is InChI=1S/C16H22N2O5/c1-11-13(16(20)21)5-6-14(18-11)15(19)17-7-3-8-22-10-12-4-2-9-23-12/h5-6,12H,2-4,7-10H2,1H3,(H,17,19)(H,20,21). The molecule has 0 saturated carbocycles. The van der Waals surface area contributed by atoms with Crippen LogP contribution in [0.2, 0.25) is 0 Å². The summed E-state index contributed by atoms with van der Waals surface area (Å²) < 4.78 is 11.0. The Hall–Kier alpha value is -1.99. The lowest BCUT2D eigenvalue weighted by molar-refractivity contribution is 0.0166. The molecule has 126 valence electrons. The van der Waals surface area contributed by atoms with E-state index in [2.05, 4.69) is 10.3 Å². The van der Waals surface area contributed by atoms with Gasteiger partial charge in [-0.3, -0.25) is 4.79 Å². The monoisotopic (exact) mass is 322 g/mol. The number of ether oxygens (including phenoxy) is 2. The van der Waals surface area contributed by atoms with Gasteiger partial charge >= 0.3 is 5.97 Å². The van der Waals surface area contributed by atoms with Crippen molar-refractivity contribution in [1.29, 1.82) is 0 Å². The van der Waals surface area contributed by atoms with Crippen molar-refractivity contribution in [3.63, 3.8) is 0 Å². The van der Waals surface area contributed by atoms with Gasteiger partial charge in [0.15, 0.2) is 0 Å². The Kier molecular flexibility index (Phi) is 6.49. The molecule has 1 fully saturated rings. The van der Waals surface area contributed by atoms with Crippen LogP contribution in [0, 0.1) is 6.92 Å². The summed E-state index contributed by atoms with van der Waals surface area (Å²) in [6, 6.07) is 2.81. The van der Waals surface area contributed by atoms with Gasteiger partial charge in [0, 0.05) is 19.8 Å². The van der Waals surface area contributed by atoms with Gasteiger partial charge in [-0.05, 0) is 38.3 Å². The summed E-state index contributed by atoms with van der Waals surface area (Å²) in [7, 11) is 0. The van der Waals surface area contributed by atoms with Crippen molar-refractivity contribution in [1.82, 2.24) is 10.3 Å². The zero-order valence-corrected chi connectivity index (χ0v) is 13.2. The molecule has 1 atom stereocenters. The maximum atomic E-state index is 11.9. The van der Waals surface area contributed by atoms with Crippen molar-refractivity contribution >= 4 is 11.9 Å². The first kappa shape index (κ1) is 17.4. The molecule has 0 radical (unpaired) electrons. The van der Waals surface area contributed by atoms with E-state index in [1.54, 1.807) is 6.92 Å². The molecule has 0 aromatic carbocycles. The Labute approximate surface area is 135 Å². The summed E-state index contributed by atoms with van der Waals surface area (Å²) in [6.07, 6.45) is 3.06. The SMILES string of the molecule is Cc1nc(C(=O)NCCCOCC2CCCO2)ccc1C(=O)O. The smallest absolute Gasteiger partial charge is 0.337 e. The van der Waals surface area contributed by atoms with Crippen molar-refractivity contribution in [3.8, 4) is 0 Å². The largest absolute Gasteiger partial charge is 0.478 e. The lowest BCUT2D eigenvalue weighted by Gasteiger charge is -2.10. The number of aryl methyl sites for hydroxylation is 1. The van der Waals surface area contributed by atoms with Crippen LogP contribution in [0.1, 0.15) is 45.8 Å². The van der Waals surface area contributed by atoms with Crippen LogP contribution in [0.25, 0.3) is 0 Å². The van der Waals surface area contributed by atoms with Gasteiger partial charge in [-0.25, -0.2) is 9.78 Å². The minimum absolute atomic E-state index is 0.101. The van der Waals surface area contributed by atoms with Crippen LogP contribution in [0.3, 0.4) is 0 Å². The quantitative estimate of drug-likeness (QED) is 0.702. The highest BCUT2D eigenvalue weighted by Crippen LogP contribution is 2.11. The third-order valence-electron chi connectivity index (χ3n) is 3.63. The molecule has 1 aromatic heterocycles. The molecule has 2 rings (SSSR count). The lowest BCUT2D eigenvalue weighted by Crippen LogP contribution is -2.27. The predicted octanol–water partition coefficient (Wildman–Crippen LogP) is 1.40. The first-order chi connectivity index (χ1) is 11.1. The van der Waals surface area contributed by atoms with E-state index in [4.69, 9.17) is 14.6 Å². The van der Waals surface area contributed by atoms with Gasteiger partial charge in [-0.2, -0.15) is 0 Å². The second-order valence-corrected chi connectivity index (χ2v) is 5.45. The van der Waals surface area contributed by atoms with E-state index in [1.807, 2.05) is 0 Å². The van der Waals surface area contributed by atoms with Crippen molar-refractivity contribution in [2.45, 2.75) is 32.3 Å². The Morgan fingerprint density at radius 2 is 2.30 bits per heavy atom. The molecule has 1 unspecified atom stereocenters. The predicted molar refractivity (Wildman–Crippen MR) is 82.7 cm³/mol. The number of carboxylic acids is 1. The number of carbonyl (C=O) groups is 2. The Balaban J connectivity index is 1.66. The van der Waals surface area contributed by atoms with Gasteiger partial charge in [-0.15, -0.1) is 0 Å². The fourth-order valence-corrected chi connectivity index (χ4v) is 2.37. The van der Waals surface area contributed by atoms with E-state index < -0.39 is 5.97 Å². The number of hydrogen-bond acceptors (Lipinski definition) is 5. The number of pyridine rings is 1. The summed E-state index contributed by atoms with van der Waals surface area (Å²) >= 11 is 0. The van der Waals surface area contributed by atoms with Crippen molar-refractivity contribution < 1.29 is 24.2 Å². The average Bonchev–Trinajstić information content (AvgIpc) is 3.03. The first-order valence-electron chi connectivity index (χ1n) is 7.76. The number of carbonyl (C=O) groups excluding carboxylic acids is 1. The fourth-order valence-electron chi connectivity index (χ4n) is 2.37. The van der Waals surface area contributed by atoms with Gasteiger partial charge in [0.05, 0.1) is 24.0 Å². The maximum absolute atomic E-state index is 11.9. The second-order valence-electron chi connectivity index (χ2n) is 5.45. The Morgan fingerprint density at radius 3 is 2.96 bits per heavy atom. The zero-order chi connectivity index (χ0) is 16.7. The third kappa shape index (κ3) is 5.30. The van der Waals surface area contributed by atoms with E-state index in [1.165, 1.54) is 12.1 Å². The molecule has 1 aliphatic heterocycles.